The standard InChI is InChI=1S/C15H25N3O3/c1-10(2)15(6,7-12(19)20)17-13(21)11-8-16-18(9-11)14(3,4)5/h8-10H,7H2,1-6H3,(H,17,21)(H,19,20). The SMILES string of the molecule is CC(C)C(C)(CC(=O)O)NC(=O)c1cnn(C(C)(C)C)c1. The van der Waals surface area contributed by atoms with Crippen molar-refractivity contribution < 1.29 is 14.7 Å². The van der Waals surface area contributed by atoms with Crippen LogP contribution in [-0.4, -0.2) is 32.3 Å². The van der Waals surface area contributed by atoms with E-state index in [1.54, 1.807) is 17.8 Å². The first-order valence-electron chi connectivity index (χ1n) is 7.05. The Morgan fingerprint density at radius 2 is 1.90 bits per heavy atom. The Morgan fingerprint density at radius 1 is 1.33 bits per heavy atom. The number of carbonyl (C=O) groups excluding carboxylic acids is 1. The highest BCUT2D eigenvalue weighted by Gasteiger charge is 2.33. The fraction of sp³-hybridized carbons (Fsp3) is 0.667. The molecule has 0 aliphatic carbocycles. The normalized spacial score (nSPS) is 14.8. The number of aromatic nitrogens is 2. The minimum absolute atomic E-state index is 0.00443. The molecule has 0 fully saturated rings. The number of rotatable bonds is 5. The summed E-state index contributed by atoms with van der Waals surface area (Å²) >= 11 is 0. The van der Waals surface area contributed by atoms with Crippen LogP contribution in [0.5, 0.6) is 0 Å². The second-order valence-electron chi connectivity index (χ2n) is 6.94. The largest absolute Gasteiger partial charge is 0.481 e. The van der Waals surface area contributed by atoms with Crippen LogP contribution < -0.4 is 5.32 Å². The van der Waals surface area contributed by atoms with E-state index in [9.17, 15) is 9.59 Å². The van der Waals surface area contributed by atoms with Crippen LogP contribution in [0.4, 0.5) is 0 Å². The first-order valence-corrected chi connectivity index (χ1v) is 7.05. The summed E-state index contributed by atoms with van der Waals surface area (Å²) in [6.45, 7) is 11.5. The van der Waals surface area contributed by atoms with E-state index < -0.39 is 11.5 Å². The predicted molar refractivity (Wildman–Crippen MR) is 80.2 cm³/mol. The predicted octanol–water partition coefficient (Wildman–Crippen LogP) is 2.26. The zero-order valence-electron chi connectivity index (χ0n) is 13.6. The Kier molecular flexibility index (Phi) is 4.81. The van der Waals surface area contributed by atoms with Gasteiger partial charge >= 0.3 is 5.97 Å². The average Bonchev–Trinajstić information content (AvgIpc) is 2.75. The molecule has 0 bridgehead atoms. The van der Waals surface area contributed by atoms with Gasteiger partial charge in [0, 0.05) is 6.20 Å². The maximum absolute atomic E-state index is 12.3. The van der Waals surface area contributed by atoms with Gasteiger partial charge in [-0.2, -0.15) is 5.10 Å². The molecular weight excluding hydrogens is 270 g/mol. The third-order valence-electron chi connectivity index (χ3n) is 3.72. The van der Waals surface area contributed by atoms with Crippen LogP contribution in [0.2, 0.25) is 0 Å². The van der Waals surface area contributed by atoms with Gasteiger partial charge in [0.2, 0.25) is 0 Å². The van der Waals surface area contributed by atoms with Crippen molar-refractivity contribution in [3.8, 4) is 0 Å². The summed E-state index contributed by atoms with van der Waals surface area (Å²) in [5.74, 6) is -1.24. The van der Waals surface area contributed by atoms with Crippen LogP contribution in [0, 0.1) is 5.92 Å². The molecule has 1 rings (SSSR count). The van der Waals surface area contributed by atoms with Gasteiger partial charge in [0.25, 0.3) is 5.91 Å². The van der Waals surface area contributed by atoms with E-state index in [4.69, 9.17) is 5.11 Å². The minimum Gasteiger partial charge on any atom is -0.481 e. The van der Waals surface area contributed by atoms with Crippen molar-refractivity contribution in [2.45, 2.75) is 59.0 Å². The molecule has 0 aliphatic heterocycles. The van der Waals surface area contributed by atoms with Crippen LogP contribution in [0.3, 0.4) is 0 Å². The number of carboxylic acid groups (broad SMARTS) is 1. The lowest BCUT2D eigenvalue weighted by Crippen LogP contribution is -2.51. The van der Waals surface area contributed by atoms with Gasteiger partial charge in [0.15, 0.2) is 0 Å². The van der Waals surface area contributed by atoms with Crippen LogP contribution in [0.25, 0.3) is 0 Å². The minimum atomic E-state index is -0.933. The summed E-state index contributed by atoms with van der Waals surface area (Å²) < 4.78 is 1.71. The lowest BCUT2D eigenvalue weighted by atomic mass is 9.85. The summed E-state index contributed by atoms with van der Waals surface area (Å²) in [6.07, 6.45) is 3.06. The van der Waals surface area contributed by atoms with Crippen molar-refractivity contribution >= 4 is 11.9 Å². The molecule has 1 atom stereocenters. The molecule has 118 valence electrons. The number of carbonyl (C=O) groups is 2. The zero-order chi connectivity index (χ0) is 16.4. The average molecular weight is 295 g/mol. The Labute approximate surface area is 125 Å². The molecule has 0 saturated carbocycles. The second kappa shape index (κ2) is 5.87. The van der Waals surface area contributed by atoms with E-state index in [0.29, 0.717) is 5.56 Å². The van der Waals surface area contributed by atoms with E-state index in [2.05, 4.69) is 10.4 Å². The van der Waals surface area contributed by atoms with E-state index in [-0.39, 0.29) is 23.8 Å². The fourth-order valence-corrected chi connectivity index (χ4v) is 1.85. The monoisotopic (exact) mass is 295 g/mol. The maximum Gasteiger partial charge on any atom is 0.305 e. The molecule has 1 aromatic rings. The van der Waals surface area contributed by atoms with Crippen molar-refractivity contribution in [2.24, 2.45) is 5.92 Å². The van der Waals surface area contributed by atoms with Gasteiger partial charge in [-0.1, -0.05) is 13.8 Å². The smallest absolute Gasteiger partial charge is 0.305 e. The summed E-state index contributed by atoms with van der Waals surface area (Å²) in [5, 5.41) is 16.0. The number of carboxylic acids is 1. The number of amides is 1. The first-order chi connectivity index (χ1) is 9.45. The Hall–Kier alpha value is -1.85. The van der Waals surface area contributed by atoms with Crippen molar-refractivity contribution in [3.05, 3.63) is 18.0 Å². The fourth-order valence-electron chi connectivity index (χ4n) is 1.85. The lowest BCUT2D eigenvalue weighted by molar-refractivity contribution is -0.138. The Morgan fingerprint density at radius 3 is 2.29 bits per heavy atom. The van der Waals surface area contributed by atoms with Crippen LogP contribution in [0.1, 0.15) is 58.3 Å². The number of aliphatic carboxylic acids is 1. The van der Waals surface area contributed by atoms with Gasteiger partial charge in [0.1, 0.15) is 0 Å². The highest BCUT2D eigenvalue weighted by molar-refractivity contribution is 5.94. The molecular formula is C15H25N3O3. The molecule has 2 N–H and O–H groups in total. The molecule has 0 aliphatic rings. The topological polar surface area (TPSA) is 84.2 Å². The molecule has 6 heteroatoms. The molecule has 21 heavy (non-hydrogen) atoms. The van der Waals surface area contributed by atoms with Crippen molar-refractivity contribution in [2.75, 3.05) is 0 Å². The third kappa shape index (κ3) is 4.31. The number of nitrogens with one attached hydrogen (secondary N) is 1. The quantitative estimate of drug-likeness (QED) is 0.872. The summed E-state index contributed by atoms with van der Waals surface area (Å²) in [7, 11) is 0. The summed E-state index contributed by atoms with van der Waals surface area (Å²) in [6, 6.07) is 0. The third-order valence-corrected chi connectivity index (χ3v) is 3.72. The number of hydrogen-bond acceptors (Lipinski definition) is 3. The molecule has 1 unspecified atom stereocenters. The highest BCUT2D eigenvalue weighted by atomic mass is 16.4. The molecule has 1 heterocycles. The molecule has 0 spiro atoms. The van der Waals surface area contributed by atoms with Crippen molar-refractivity contribution in [1.82, 2.24) is 15.1 Å². The summed E-state index contributed by atoms with van der Waals surface area (Å²) in [5.41, 5.74) is -0.574. The Balaban J connectivity index is 2.93. The molecule has 1 aromatic heterocycles. The molecule has 0 saturated heterocycles. The van der Waals surface area contributed by atoms with E-state index >= 15 is 0 Å². The Bertz CT molecular complexity index is 529. The molecule has 1 amide bonds. The highest BCUT2D eigenvalue weighted by Crippen LogP contribution is 2.22. The molecule has 0 radical (unpaired) electrons. The lowest BCUT2D eigenvalue weighted by Gasteiger charge is -2.33. The van der Waals surface area contributed by atoms with Crippen LogP contribution >= 0.6 is 0 Å². The number of hydrogen-bond donors (Lipinski definition) is 2. The van der Waals surface area contributed by atoms with Gasteiger partial charge in [-0.3, -0.25) is 14.3 Å². The van der Waals surface area contributed by atoms with Gasteiger partial charge < -0.3 is 10.4 Å². The number of nitrogens with zero attached hydrogens (tertiary/aromatic N) is 2. The van der Waals surface area contributed by atoms with Gasteiger partial charge in [-0.05, 0) is 33.6 Å². The van der Waals surface area contributed by atoms with Crippen molar-refractivity contribution in [1.29, 1.82) is 0 Å². The first kappa shape index (κ1) is 17.2. The van der Waals surface area contributed by atoms with Gasteiger partial charge in [-0.25, -0.2) is 0 Å². The van der Waals surface area contributed by atoms with Crippen LogP contribution in [0.15, 0.2) is 12.4 Å². The zero-order valence-corrected chi connectivity index (χ0v) is 13.6. The van der Waals surface area contributed by atoms with E-state index in [1.165, 1.54) is 6.20 Å². The van der Waals surface area contributed by atoms with Gasteiger partial charge in [-0.15, -0.1) is 0 Å². The molecule has 6 nitrogen and oxygen atoms in total. The van der Waals surface area contributed by atoms with Gasteiger partial charge in [0.05, 0.1) is 29.3 Å². The van der Waals surface area contributed by atoms with Crippen LogP contribution in [-0.2, 0) is 10.3 Å². The van der Waals surface area contributed by atoms with Crippen molar-refractivity contribution in [3.63, 3.8) is 0 Å². The summed E-state index contributed by atoms with van der Waals surface area (Å²) in [4.78, 5) is 23.3. The molecule has 0 aromatic carbocycles. The van der Waals surface area contributed by atoms with E-state index in [0.717, 1.165) is 0 Å². The van der Waals surface area contributed by atoms with E-state index in [1.807, 2.05) is 34.6 Å². The second-order valence-corrected chi connectivity index (χ2v) is 6.94. The maximum atomic E-state index is 12.3.